The van der Waals surface area contributed by atoms with Crippen LogP contribution in [0, 0.1) is 0 Å². The van der Waals surface area contributed by atoms with Gasteiger partial charge in [0.25, 0.3) is 10.0 Å². The Morgan fingerprint density at radius 1 is 1.26 bits per heavy atom. The number of ether oxygens (including phenoxy) is 1. The molecule has 0 aliphatic rings. The van der Waals surface area contributed by atoms with Gasteiger partial charge in [-0.3, -0.25) is 4.31 Å². The fourth-order valence-electron chi connectivity index (χ4n) is 1.97. The Bertz CT molecular complexity index is 807. The third-order valence-electron chi connectivity index (χ3n) is 3.13. The topological polar surface area (TPSA) is 46.6 Å². The summed E-state index contributed by atoms with van der Waals surface area (Å²) >= 11 is 9.38. The molecule has 0 saturated heterocycles. The number of halogens is 2. The van der Waals surface area contributed by atoms with Crippen LogP contribution in [0.4, 0.5) is 5.69 Å². The van der Waals surface area contributed by atoms with Crippen molar-refractivity contribution in [2.45, 2.75) is 4.90 Å². The number of anilines is 1. The van der Waals surface area contributed by atoms with Gasteiger partial charge in [0, 0.05) is 4.47 Å². The van der Waals surface area contributed by atoms with Gasteiger partial charge >= 0.3 is 0 Å². The van der Waals surface area contributed by atoms with Crippen molar-refractivity contribution >= 4 is 43.2 Å². The van der Waals surface area contributed by atoms with Gasteiger partial charge in [-0.25, -0.2) is 8.42 Å². The van der Waals surface area contributed by atoms with Gasteiger partial charge in [0.15, 0.2) is 0 Å². The normalized spacial score (nSPS) is 11.1. The van der Waals surface area contributed by atoms with E-state index in [0.717, 1.165) is 0 Å². The maximum absolute atomic E-state index is 12.9. The summed E-state index contributed by atoms with van der Waals surface area (Å²) in [6.07, 6.45) is 1.52. The highest BCUT2D eigenvalue weighted by Gasteiger charge is 2.24. The third-order valence-corrected chi connectivity index (χ3v) is 6.17. The van der Waals surface area contributed by atoms with Gasteiger partial charge in [0.2, 0.25) is 0 Å². The van der Waals surface area contributed by atoms with Gasteiger partial charge in [-0.1, -0.05) is 17.7 Å². The molecule has 122 valence electrons. The zero-order chi connectivity index (χ0) is 17.0. The van der Waals surface area contributed by atoms with E-state index in [2.05, 4.69) is 22.5 Å². The number of nitrogens with zero attached hydrogens (tertiary/aromatic N) is 1. The highest BCUT2D eigenvalue weighted by Crippen LogP contribution is 2.31. The van der Waals surface area contributed by atoms with Crippen LogP contribution in [0.5, 0.6) is 5.75 Å². The third kappa shape index (κ3) is 3.88. The van der Waals surface area contributed by atoms with Crippen LogP contribution in [-0.4, -0.2) is 22.1 Å². The first kappa shape index (κ1) is 17.8. The quantitative estimate of drug-likeness (QED) is 0.652. The highest BCUT2D eigenvalue weighted by molar-refractivity contribution is 9.10. The molecule has 2 aromatic carbocycles. The second kappa shape index (κ2) is 7.38. The fraction of sp³-hybridized carbons (Fsp3) is 0.125. The Labute approximate surface area is 149 Å². The number of hydrogen-bond acceptors (Lipinski definition) is 3. The van der Waals surface area contributed by atoms with Crippen LogP contribution in [0.25, 0.3) is 0 Å². The average molecular weight is 417 g/mol. The molecule has 0 aromatic heterocycles. The monoisotopic (exact) mass is 415 g/mol. The van der Waals surface area contributed by atoms with E-state index < -0.39 is 10.0 Å². The van der Waals surface area contributed by atoms with Crippen molar-refractivity contribution in [2.24, 2.45) is 0 Å². The van der Waals surface area contributed by atoms with E-state index in [1.807, 2.05) is 0 Å². The van der Waals surface area contributed by atoms with Crippen LogP contribution in [-0.2, 0) is 10.0 Å². The molecule has 0 N–H and O–H groups in total. The molecule has 0 amide bonds. The molecule has 2 aromatic rings. The number of sulfonamides is 1. The molecule has 0 heterocycles. The molecular weight excluding hydrogens is 402 g/mol. The zero-order valence-electron chi connectivity index (χ0n) is 12.4. The summed E-state index contributed by atoms with van der Waals surface area (Å²) in [6, 6.07) is 11.2. The van der Waals surface area contributed by atoms with Crippen LogP contribution in [0.3, 0.4) is 0 Å². The summed E-state index contributed by atoms with van der Waals surface area (Å²) in [5.41, 5.74) is 0.467. The van der Waals surface area contributed by atoms with E-state index in [1.165, 1.54) is 29.6 Å². The van der Waals surface area contributed by atoms with Crippen molar-refractivity contribution in [3.8, 4) is 5.75 Å². The second-order valence-electron chi connectivity index (χ2n) is 4.60. The molecule has 7 heteroatoms. The van der Waals surface area contributed by atoms with Gasteiger partial charge < -0.3 is 4.74 Å². The molecule has 0 aliphatic heterocycles. The molecule has 0 radical (unpaired) electrons. The van der Waals surface area contributed by atoms with Crippen molar-refractivity contribution < 1.29 is 13.2 Å². The lowest BCUT2D eigenvalue weighted by Gasteiger charge is -2.23. The Morgan fingerprint density at radius 3 is 2.43 bits per heavy atom. The minimum Gasteiger partial charge on any atom is -0.497 e. The van der Waals surface area contributed by atoms with Crippen molar-refractivity contribution in [3.05, 3.63) is 64.6 Å². The van der Waals surface area contributed by atoms with Crippen LogP contribution in [0.1, 0.15) is 0 Å². The maximum atomic E-state index is 12.9. The molecule has 2 rings (SSSR count). The molecule has 4 nitrogen and oxygen atoms in total. The van der Waals surface area contributed by atoms with Gasteiger partial charge in [-0.2, -0.15) is 0 Å². The molecule has 23 heavy (non-hydrogen) atoms. The standard InChI is InChI=1S/C16H15BrClNO3S/c1-3-10-19(12-4-9-15(17)16(18)11-12)23(20,21)14-7-5-13(22-2)6-8-14/h3-9,11H,1,10H2,2H3. The molecule has 0 bridgehead atoms. The van der Waals surface area contributed by atoms with Gasteiger partial charge in [0.1, 0.15) is 5.75 Å². The summed E-state index contributed by atoms with van der Waals surface area (Å²) in [5.74, 6) is 0.589. The van der Waals surface area contributed by atoms with E-state index >= 15 is 0 Å². The summed E-state index contributed by atoms with van der Waals surface area (Å²) in [7, 11) is -2.21. The van der Waals surface area contributed by atoms with Crippen molar-refractivity contribution in [1.29, 1.82) is 0 Å². The number of methoxy groups -OCH3 is 1. The van der Waals surface area contributed by atoms with Crippen molar-refractivity contribution in [2.75, 3.05) is 18.0 Å². The lowest BCUT2D eigenvalue weighted by atomic mass is 10.3. The number of benzene rings is 2. The van der Waals surface area contributed by atoms with Crippen molar-refractivity contribution in [1.82, 2.24) is 0 Å². The summed E-state index contributed by atoms with van der Waals surface area (Å²) in [5, 5.41) is 0.432. The zero-order valence-corrected chi connectivity index (χ0v) is 15.5. The maximum Gasteiger partial charge on any atom is 0.264 e. The van der Waals surface area contributed by atoms with Gasteiger partial charge in [0.05, 0.1) is 29.3 Å². The van der Waals surface area contributed by atoms with Crippen LogP contribution >= 0.6 is 27.5 Å². The van der Waals surface area contributed by atoms with Crippen LogP contribution in [0.2, 0.25) is 5.02 Å². The molecular formula is C16H15BrClNO3S. The fourth-order valence-corrected chi connectivity index (χ4v) is 3.82. The largest absolute Gasteiger partial charge is 0.497 e. The predicted molar refractivity (Wildman–Crippen MR) is 96.9 cm³/mol. The van der Waals surface area contributed by atoms with Crippen molar-refractivity contribution in [3.63, 3.8) is 0 Å². The summed E-state index contributed by atoms with van der Waals surface area (Å²) in [6.45, 7) is 3.76. The number of hydrogen-bond donors (Lipinski definition) is 0. The average Bonchev–Trinajstić information content (AvgIpc) is 2.55. The van der Waals surface area contributed by atoms with Gasteiger partial charge in [-0.15, -0.1) is 6.58 Å². The molecule has 0 saturated carbocycles. The molecule has 0 spiro atoms. The molecule has 0 atom stereocenters. The van der Waals surface area contributed by atoms with Crippen LogP contribution < -0.4 is 9.04 Å². The molecule has 0 fully saturated rings. The summed E-state index contributed by atoms with van der Waals surface area (Å²) < 4.78 is 32.8. The number of rotatable bonds is 6. The minimum absolute atomic E-state index is 0.131. The van der Waals surface area contributed by atoms with E-state index in [1.54, 1.807) is 30.3 Å². The second-order valence-corrected chi connectivity index (χ2v) is 7.72. The Morgan fingerprint density at radius 2 is 1.91 bits per heavy atom. The van der Waals surface area contributed by atoms with Gasteiger partial charge in [-0.05, 0) is 58.4 Å². The van der Waals surface area contributed by atoms with E-state index in [9.17, 15) is 8.42 Å². The Balaban J connectivity index is 2.49. The minimum atomic E-state index is -3.74. The smallest absolute Gasteiger partial charge is 0.264 e. The van der Waals surface area contributed by atoms with E-state index in [4.69, 9.17) is 16.3 Å². The van der Waals surface area contributed by atoms with E-state index in [0.29, 0.717) is 20.9 Å². The lowest BCUT2D eigenvalue weighted by molar-refractivity contribution is 0.414. The van der Waals surface area contributed by atoms with Crippen LogP contribution in [0.15, 0.2) is 64.5 Å². The molecule has 0 aliphatic carbocycles. The predicted octanol–water partition coefficient (Wildman–Crippen LogP) is 4.49. The Kier molecular flexibility index (Phi) is 5.73. The summed E-state index contributed by atoms with van der Waals surface area (Å²) in [4.78, 5) is 0.166. The first-order chi connectivity index (χ1) is 10.9. The SMILES string of the molecule is C=CCN(c1ccc(Br)c(Cl)c1)S(=O)(=O)c1ccc(OC)cc1. The highest BCUT2D eigenvalue weighted by atomic mass is 79.9. The van der Waals surface area contributed by atoms with E-state index in [-0.39, 0.29) is 11.4 Å². The lowest BCUT2D eigenvalue weighted by Crippen LogP contribution is -2.31. The molecule has 0 unspecified atom stereocenters. The first-order valence-electron chi connectivity index (χ1n) is 6.63. The Hall–Kier alpha value is -1.50. The first-order valence-corrected chi connectivity index (χ1v) is 9.24.